The highest BCUT2D eigenvalue weighted by molar-refractivity contribution is 7.99. The molecule has 1 aliphatic heterocycles. The van der Waals surface area contributed by atoms with Crippen LogP contribution in [0.4, 0.5) is 0 Å². The van der Waals surface area contributed by atoms with Gasteiger partial charge in [-0.1, -0.05) is 6.92 Å². The average Bonchev–Trinajstić information content (AvgIpc) is 3.03. The van der Waals surface area contributed by atoms with Gasteiger partial charge in [0.05, 0.1) is 12.9 Å². The second-order valence-electron chi connectivity index (χ2n) is 4.66. The minimum Gasteiger partial charge on any atom is -0.394 e. The molecule has 0 aromatic carbocycles. The van der Waals surface area contributed by atoms with Crippen LogP contribution in [0.15, 0.2) is 17.7 Å². The van der Waals surface area contributed by atoms with Crippen molar-refractivity contribution in [3.05, 3.63) is 12.7 Å². The normalized spacial score (nSPS) is 29.3. The number of rotatable bonds is 4. The summed E-state index contributed by atoms with van der Waals surface area (Å²) in [4.78, 5) is 12.6. The summed E-state index contributed by atoms with van der Waals surface area (Å²) in [5.74, 6) is 0.854. The van der Waals surface area contributed by atoms with Crippen molar-refractivity contribution in [3.63, 3.8) is 0 Å². The standard InChI is InChI=1S/C12H16N4O4S/c1-2-21-11-7-10(13-4-14-11)16(5-15-7)12-9(19)8(18)6(3-17)20-12/h4-6,8-9,12,17-19H,2-3H2,1H3/t6-,8+,9+,12-/m0/s1. The van der Waals surface area contributed by atoms with Crippen LogP contribution in [-0.4, -0.2) is 65.5 Å². The number of nitrogens with zero attached hydrogens (tertiary/aromatic N) is 4. The smallest absolute Gasteiger partial charge is 0.166 e. The predicted molar refractivity (Wildman–Crippen MR) is 74.7 cm³/mol. The first-order valence-corrected chi connectivity index (χ1v) is 7.58. The first kappa shape index (κ1) is 14.7. The van der Waals surface area contributed by atoms with Crippen molar-refractivity contribution < 1.29 is 20.1 Å². The van der Waals surface area contributed by atoms with Crippen molar-refractivity contribution in [1.29, 1.82) is 0 Å². The van der Waals surface area contributed by atoms with Crippen molar-refractivity contribution in [3.8, 4) is 0 Å². The van der Waals surface area contributed by atoms with Crippen LogP contribution < -0.4 is 0 Å². The molecule has 2 aromatic rings. The molecular formula is C12H16N4O4S. The molecule has 1 aliphatic rings. The van der Waals surface area contributed by atoms with Gasteiger partial charge < -0.3 is 20.1 Å². The van der Waals surface area contributed by atoms with Crippen LogP contribution in [0.1, 0.15) is 13.2 Å². The van der Waals surface area contributed by atoms with E-state index in [1.165, 1.54) is 12.7 Å². The summed E-state index contributed by atoms with van der Waals surface area (Å²) in [5.41, 5.74) is 1.15. The molecular weight excluding hydrogens is 296 g/mol. The molecule has 1 fully saturated rings. The van der Waals surface area contributed by atoms with E-state index in [0.717, 1.165) is 10.8 Å². The monoisotopic (exact) mass is 312 g/mol. The zero-order valence-corrected chi connectivity index (χ0v) is 12.1. The van der Waals surface area contributed by atoms with Gasteiger partial charge in [-0.05, 0) is 5.75 Å². The number of hydrogen-bond donors (Lipinski definition) is 3. The minimum absolute atomic E-state index is 0.368. The third kappa shape index (κ3) is 2.40. The molecule has 0 radical (unpaired) electrons. The molecule has 8 nitrogen and oxygen atoms in total. The molecule has 21 heavy (non-hydrogen) atoms. The molecule has 114 valence electrons. The highest BCUT2D eigenvalue weighted by Crippen LogP contribution is 2.32. The summed E-state index contributed by atoms with van der Waals surface area (Å²) in [6, 6.07) is 0. The number of thioether (sulfide) groups is 1. The SMILES string of the molecule is CCSc1ncnc2c1ncn2[C@H]1O[C@@H](CO)[C@@H](O)[C@H]1O. The van der Waals surface area contributed by atoms with E-state index in [1.54, 1.807) is 16.3 Å². The summed E-state index contributed by atoms with van der Waals surface area (Å²) in [7, 11) is 0. The van der Waals surface area contributed by atoms with Gasteiger partial charge in [0.15, 0.2) is 11.9 Å². The number of fused-ring (bicyclic) bond motifs is 1. The largest absolute Gasteiger partial charge is 0.394 e. The number of aliphatic hydroxyl groups is 3. The molecule has 0 unspecified atom stereocenters. The average molecular weight is 312 g/mol. The Hall–Kier alpha value is -1.26. The molecule has 0 amide bonds. The van der Waals surface area contributed by atoms with Gasteiger partial charge in [-0.3, -0.25) is 4.57 Å². The zero-order valence-electron chi connectivity index (χ0n) is 11.3. The lowest BCUT2D eigenvalue weighted by atomic mass is 10.1. The third-order valence-electron chi connectivity index (χ3n) is 3.40. The van der Waals surface area contributed by atoms with E-state index >= 15 is 0 Å². The van der Waals surface area contributed by atoms with E-state index in [-0.39, 0.29) is 6.61 Å². The molecule has 3 heterocycles. The number of ether oxygens (including phenoxy) is 1. The van der Waals surface area contributed by atoms with Gasteiger partial charge in [0.25, 0.3) is 0 Å². The van der Waals surface area contributed by atoms with Crippen LogP contribution >= 0.6 is 11.8 Å². The summed E-state index contributed by atoms with van der Waals surface area (Å²) >= 11 is 1.55. The Labute approximate surface area is 124 Å². The molecule has 9 heteroatoms. The molecule has 1 saturated heterocycles. The van der Waals surface area contributed by atoms with Crippen LogP contribution in [0, 0.1) is 0 Å². The first-order valence-electron chi connectivity index (χ1n) is 6.60. The second-order valence-corrected chi connectivity index (χ2v) is 5.92. The molecule has 0 saturated carbocycles. The lowest BCUT2D eigenvalue weighted by Crippen LogP contribution is -2.33. The van der Waals surface area contributed by atoms with E-state index in [0.29, 0.717) is 11.2 Å². The molecule has 3 N–H and O–H groups in total. The van der Waals surface area contributed by atoms with E-state index < -0.39 is 24.5 Å². The molecule has 3 rings (SSSR count). The molecule has 2 aromatic heterocycles. The van der Waals surface area contributed by atoms with Crippen molar-refractivity contribution in [2.75, 3.05) is 12.4 Å². The summed E-state index contributed by atoms with van der Waals surface area (Å²) in [5, 5.41) is 29.8. The Morgan fingerprint density at radius 2 is 2.10 bits per heavy atom. The van der Waals surface area contributed by atoms with Gasteiger partial charge in [-0.2, -0.15) is 0 Å². The fraction of sp³-hybridized carbons (Fsp3) is 0.583. The maximum Gasteiger partial charge on any atom is 0.166 e. The molecule has 0 spiro atoms. The molecule has 4 atom stereocenters. The van der Waals surface area contributed by atoms with Gasteiger partial charge in [0, 0.05) is 0 Å². The second kappa shape index (κ2) is 5.85. The predicted octanol–water partition coefficient (Wildman–Crippen LogP) is -0.450. The summed E-state index contributed by atoms with van der Waals surface area (Å²) in [6.07, 6.45) is -1.04. The van der Waals surface area contributed by atoms with Gasteiger partial charge in [-0.25, -0.2) is 15.0 Å². The van der Waals surface area contributed by atoms with Gasteiger partial charge >= 0.3 is 0 Å². The summed E-state index contributed by atoms with van der Waals surface area (Å²) in [6.45, 7) is 1.65. The van der Waals surface area contributed by atoms with Crippen LogP contribution in [0.5, 0.6) is 0 Å². The molecule has 0 aliphatic carbocycles. The third-order valence-corrected chi connectivity index (χ3v) is 4.26. The van der Waals surface area contributed by atoms with Crippen molar-refractivity contribution in [2.45, 2.75) is 36.5 Å². The van der Waals surface area contributed by atoms with E-state index in [1.807, 2.05) is 6.92 Å². The number of aromatic nitrogens is 4. The maximum atomic E-state index is 10.1. The Bertz CT molecular complexity index is 637. The topological polar surface area (TPSA) is 114 Å². The van der Waals surface area contributed by atoms with E-state index in [2.05, 4.69) is 15.0 Å². The number of aliphatic hydroxyl groups excluding tert-OH is 3. The van der Waals surface area contributed by atoms with Gasteiger partial charge in [0.1, 0.15) is 35.2 Å². The van der Waals surface area contributed by atoms with Crippen LogP contribution in [-0.2, 0) is 4.74 Å². The fourth-order valence-electron chi connectivity index (χ4n) is 2.37. The highest BCUT2D eigenvalue weighted by Gasteiger charge is 2.43. The Morgan fingerprint density at radius 1 is 1.29 bits per heavy atom. The number of hydrogen-bond acceptors (Lipinski definition) is 8. The zero-order chi connectivity index (χ0) is 15.0. The van der Waals surface area contributed by atoms with Crippen LogP contribution in [0.2, 0.25) is 0 Å². The van der Waals surface area contributed by atoms with Crippen LogP contribution in [0.3, 0.4) is 0 Å². The quantitative estimate of drug-likeness (QED) is 0.514. The highest BCUT2D eigenvalue weighted by atomic mass is 32.2. The lowest BCUT2D eigenvalue weighted by Gasteiger charge is -2.16. The first-order chi connectivity index (χ1) is 10.2. The lowest BCUT2D eigenvalue weighted by molar-refractivity contribution is -0.0511. The fourth-order valence-corrected chi connectivity index (χ4v) is 3.04. The Morgan fingerprint density at radius 3 is 2.76 bits per heavy atom. The van der Waals surface area contributed by atoms with E-state index in [9.17, 15) is 10.2 Å². The van der Waals surface area contributed by atoms with Gasteiger partial charge in [-0.15, -0.1) is 11.8 Å². The maximum absolute atomic E-state index is 10.1. The summed E-state index contributed by atoms with van der Waals surface area (Å²) < 4.78 is 7.05. The van der Waals surface area contributed by atoms with Crippen molar-refractivity contribution >= 4 is 22.9 Å². The Balaban J connectivity index is 2.00. The van der Waals surface area contributed by atoms with Crippen LogP contribution in [0.25, 0.3) is 11.2 Å². The molecule has 0 bridgehead atoms. The number of imidazole rings is 1. The Kier molecular flexibility index (Phi) is 4.09. The van der Waals surface area contributed by atoms with E-state index in [4.69, 9.17) is 9.84 Å². The van der Waals surface area contributed by atoms with Gasteiger partial charge in [0.2, 0.25) is 0 Å². The minimum atomic E-state index is -1.16. The van der Waals surface area contributed by atoms with Crippen molar-refractivity contribution in [2.24, 2.45) is 0 Å². The van der Waals surface area contributed by atoms with Crippen molar-refractivity contribution in [1.82, 2.24) is 19.5 Å².